The largest absolute Gasteiger partial charge is 0.389 e. The van der Waals surface area contributed by atoms with Gasteiger partial charge in [0.1, 0.15) is 0 Å². The molecule has 43 heavy (non-hydrogen) atoms. The molecular weight excluding hydrogens is 528 g/mol. The van der Waals surface area contributed by atoms with Gasteiger partial charge in [-0.15, -0.1) is 0 Å². The highest BCUT2D eigenvalue weighted by Gasteiger charge is 2.51. The normalized spacial score (nSPS) is 29.3. The third kappa shape index (κ3) is 6.54. The average Bonchev–Trinajstić information content (AvgIpc) is 3.05. The van der Waals surface area contributed by atoms with Crippen molar-refractivity contribution in [3.63, 3.8) is 0 Å². The van der Waals surface area contributed by atoms with E-state index >= 15 is 0 Å². The molecule has 5 aliphatic rings. The molecule has 0 bridgehead atoms. The fraction of sp³-hybridized carbons (Fsp3) is 0.641. The van der Waals surface area contributed by atoms with Gasteiger partial charge in [-0.25, -0.2) is 0 Å². The zero-order valence-electron chi connectivity index (χ0n) is 26.9. The molecule has 2 fully saturated rings. The second-order valence-electron chi connectivity index (χ2n) is 14.7. The number of likely N-dealkylation sites (N-methyl/N-ethyl adjacent to an activating group) is 2. The third-order valence-corrected chi connectivity index (χ3v) is 11.8. The molecule has 3 unspecified atom stereocenters. The van der Waals surface area contributed by atoms with E-state index in [1.54, 1.807) is 0 Å². The monoisotopic (exact) mass is 584 g/mol. The summed E-state index contributed by atoms with van der Waals surface area (Å²) in [7, 11) is 4.37. The topological polar surface area (TPSA) is 46.9 Å². The van der Waals surface area contributed by atoms with E-state index in [4.69, 9.17) is 0 Å². The SMILES string of the molecule is CN1Cc2ccccc2C(C(O)(C2CCCCC2)C2CCCCC2)C1.CN1Cc2ccccc2C(C2(O)C=CCCC2)C1. The van der Waals surface area contributed by atoms with E-state index in [0.717, 1.165) is 45.4 Å². The number of allylic oxidation sites excluding steroid dienone is 1. The smallest absolute Gasteiger partial charge is 0.0908 e. The maximum absolute atomic E-state index is 12.4. The molecule has 4 nitrogen and oxygen atoms in total. The second kappa shape index (κ2) is 13.6. The number of fused-ring (bicyclic) bond motifs is 2. The van der Waals surface area contributed by atoms with Crippen LogP contribution in [0.2, 0.25) is 0 Å². The van der Waals surface area contributed by atoms with Crippen molar-refractivity contribution in [3.8, 4) is 0 Å². The lowest BCUT2D eigenvalue weighted by Gasteiger charge is -2.52. The van der Waals surface area contributed by atoms with Gasteiger partial charge in [-0.2, -0.15) is 0 Å². The summed E-state index contributed by atoms with van der Waals surface area (Å²) < 4.78 is 0. The molecule has 0 aromatic heterocycles. The Labute approximate surface area is 261 Å². The van der Waals surface area contributed by atoms with Gasteiger partial charge < -0.3 is 20.0 Å². The van der Waals surface area contributed by atoms with Crippen LogP contribution in [0.25, 0.3) is 0 Å². The van der Waals surface area contributed by atoms with Crippen LogP contribution >= 0.6 is 0 Å². The van der Waals surface area contributed by atoms with Crippen LogP contribution in [-0.2, 0) is 13.1 Å². The number of nitrogens with zero attached hydrogens (tertiary/aromatic N) is 2. The number of hydrogen-bond donors (Lipinski definition) is 2. The Bertz CT molecular complexity index is 1210. The summed E-state index contributed by atoms with van der Waals surface area (Å²) in [4.78, 5) is 4.75. The van der Waals surface area contributed by atoms with Gasteiger partial charge in [0.15, 0.2) is 0 Å². The van der Waals surface area contributed by atoms with Gasteiger partial charge in [-0.05, 0) is 93.1 Å². The van der Waals surface area contributed by atoms with Gasteiger partial charge in [0.2, 0.25) is 0 Å². The molecule has 0 amide bonds. The molecule has 2 aliphatic heterocycles. The summed E-state index contributed by atoms with van der Waals surface area (Å²) in [6.07, 6.45) is 20.1. The molecule has 7 rings (SSSR count). The van der Waals surface area contributed by atoms with E-state index in [0.29, 0.717) is 11.8 Å². The highest BCUT2D eigenvalue weighted by molar-refractivity contribution is 5.37. The minimum atomic E-state index is -0.650. The number of hydrogen-bond acceptors (Lipinski definition) is 4. The summed E-state index contributed by atoms with van der Waals surface area (Å²) in [5.74, 6) is 1.49. The zero-order chi connectivity index (χ0) is 29.9. The lowest BCUT2D eigenvalue weighted by atomic mass is 9.59. The molecule has 2 saturated carbocycles. The lowest BCUT2D eigenvalue weighted by molar-refractivity contribution is -0.118. The Kier molecular flexibility index (Phi) is 9.79. The van der Waals surface area contributed by atoms with Gasteiger partial charge >= 0.3 is 0 Å². The number of rotatable bonds is 4. The third-order valence-electron chi connectivity index (χ3n) is 11.8. The first-order valence-corrected chi connectivity index (χ1v) is 17.5. The first-order chi connectivity index (χ1) is 20.9. The Morgan fingerprint density at radius 2 is 1.23 bits per heavy atom. The first-order valence-electron chi connectivity index (χ1n) is 17.5. The van der Waals surface area contributed by atoms with Crippen LogP contribution < -0.4 is 0 Å². The fourth-order valence-electron chi connectivity index (χ4n) is 9.59. The van der Waals surface area contributed by atoms with Crippen molar-refractivity contribution in [2.75, 3.05) is 27.2 Å². The molecule has 3 aliphatic carbocycles. The minimum absolute atomic E-state index is 0.212. The van der Waals surface area contributed by atoms with Crippen LogP contribution in [-0.4, -0.2) is 58.4 Å². The van der Waals surface area contributed by atoms with Crippen LogP contribution in [0, 0.1) is 11.8 Å². The van der Waals surface area contributed by atoms with Gasteiger partial charge in [-0.3, -0.25) is 0 Å². The highest BCUT2D eigenvalue weighted by Crippen LogP contribution is 2.51. The Hall–Kier alpha value is -1.98. The van der Waals surface area contributed by atoms with Crippen molar-refractivity contribution >= 4 is 0 Å². The van der Waals surface area contributed by atoms with Gasteiger partial charge in [0.25, 0.3) is 0 Å². The fourth-order valence-corrected chi connectivity index (χ4v) is 9.59. The Morgan fingerprint density at radius 3 is 1.81 bits per heavy atom. The van der Waals surface area contributed by atoms with E-state index in [-0.39, 0.29) is 11.8 Å². The maximum Gasteiger partial charge on any atom is 0.0908 e. The molecule has 0 radical (unpaired) electrons. The standard InChI is InChI=1S/C23H35NO.C16H21NO/c1-24-16-18-10-8-9-15-21(18)22(17-24)23(25,19-11-4-2-5-12-19)20-13-6-3-7-14-20;1-17-11-13-7-3-4-8-14(13)15(12-17)16(18)9-5-2-6-10-16/h8-10,15,19-20,22,25H,2-7,11-14,16-17H2,1H3;3-5,7-9,15,18H,2,6,10-12H2,1H3. The maximum atomic E-state index is 12.4. The van der Waals surface area contributed by atoms with Crippen LogP contribution in [0.4, 0.5) is 0 Å². The quantitative estimate of drug-likeness (QED) is 0.360. The van der Waals surface area contributed by atoms with Crippen LogP contribution in [0.3, 0.4) is 0 Å². The summed E-state index contributed by atoms with van der Waals surface area (Å²) >= 11 is 0. The summed E-state index contributed by atoms with van der Waals surface area (Å²) in [5, 5.41) is 23.4. The number of aliphatic hydroxyl groups is 2. The van der Waals surface area contributed by atoms with Crippen LogP contribution in [0.5, 0.6) is 0 Å². The van der Waals surface area contributed by atoms with Crippen molar-refractivity contribution in [2.24, 2.45) is 11.8 Å². The van der Waals surface area contributed by atoms with Crippen molar-refractivity contribution in [3.05, 3.63) is 82.9 Å². The molecule has 2 heterocycles. The molecule has 0 saturated heterocycles. The molecule has 234 valence electrons. The van der Waals surface area contributed by atoms with Gasteiger partial charge in [0.05, 0.1) is 11.2 Å². The lowest BCUT2D eigenvalue weighted by Crippen LogP contribution is -2.55. The van der Waals surface area contributed by atoms with Gasteiger partial charge in [-0.1, -0.05) is 99.2 Å². The molecule has 2 N–H and O–H groups in total. The predicted octanol–water partition coefficient (Wildman–Crippen LogP) is 7.79. The number of benzene rings is 2. The predicted molar refractivity (Wildman–Crippen MR) is 177 cm³/mol. The molecule has 3 atom stereocenters. The van der Waals surface area contributed by atoms with Crippen molar-refractivity contribution in [2.45, 2.75) is 120 Å². The highest BCUT2D eigenvalue weighted by atomic mass is 16.3. The van der Waals surface area contributed by atoms with E-state index in [2.05, 4.69) is 78.5 Å². The van der Waals surface area contributed by atoms with Crippen molar-refractivity contribution in [1.82, 2.24) is 9.80 Å². The Balaban J connectivity index is 0.000000162. The molecule has 2 aromatic carbocycles. The van der Waals surface area contributed by atoms with Crippen LogP contribution in [0.15, 0.2) is 60.7 Å². The van der Waals surface area contributed by atoms with Gasteiger partial charge in [0, 0.05) is 38.0 Å². The molecule has 4 heteroatoms. The Morgan fingerprint density at radius 1 is 0.698 bits per heavy atom. The van der Waals surface area contributed by atoms with Crippen LogP contribution in [0.1, 0.15) is 118 Å². The second-order valence-corrected chi connectivity index (χ2v) is 14.7. The molecular formula is C39H56N2O2. The van der Waals surface area contributed by atoms with E-state index in [1.165, 1.54) is 86.5 Å². The van der Waals surface area contributed by atoms with E-state index < -0.39 is 11.2 Å². The minimum Gasteiger partial charge on any atom is -0.389 e. The molecule has 0 spiro atoms. The average molecular weight is 585 g/mol. The van der Waals surface area contributed by atoms with Crippen molar-refractivity contribution in [1.29, 1.82) is 0 Å². The van der Waals surface area contributed by atoms with E-state index in [9.17, 15) is 10.2 Å². The van der Waals surface area contributed by atoms with Crippen molar-refractivity contribution < 1.29 is 10.2 Å². The molecule has 2 aromatic rings. The van der Waals surface area contributed by atoms with E-state index in [1.807, 2.05) is 6.08 Å². The summed E-state index contributed by atoms with van der Waals surface area (Å²) in [5.41, 5.74) is 4.42. The summed E-state index contributed by atoms with van der Waals surface area (Å²) in [6, 6.07) is 17.5. The summed E-state index contributed by atoms with van der Waals surface area (Å²) in [6.45, 7) is 3.98. The zero-order valence-corrected chi connectivity index (χ0v) is 26.9. The first kappa shape index (κ1) is 31.0.